The molecule has 0 aliphatic rings. The summed E-state index contributed by atoms with van der Waals surface area (Å²) >= 11 is 0. The van der Waals surface area contributed by atoms with Crippen LogP contribution < -0.4 is 10.1 Å². The van der Waals surface area contributed by atoms with Crippen LogP contribution in [0.3, 0.4) is 0 Å². The van der Waals surface area contributed by atoms with Crippen LogP contribution in [0.2, 0.25) is 0 Å². The molecule has 0 bridgehead atoms. The molecule has 0 aromatic heterocycles. The van der Waals surface area contributed by atoms with Crippen molar-refractivity contribution in [2.45, 2.75) is 26.8 Å². The summed E-state index contributed by atoms with van der Waals surface area (Å²) < 4.78 is 10.4. The fraction of sp³-hybridized carbons (Fsp3) is 0.368. The van der Waals surface area contributed by atoms with Gasteiger partial charge in [0.1, 0.15) is 11.3 Å². The molecule has 2 rings (SSSR count). The lowest BCUT2D eigenvalue weighted by atomic mass is 10.1. The number of esters is 1. The molecule has 5 heteroatoms. The van der Waals surface area contributed by atoms with Crippen LogP contribution in [0.1, 0.15) is 31.1 Å². The van der Waals surface area contributed by atoms with E-state index in [1.165, 1.54) is 7.11 Å². The summed E-state index contributed by atoms with van der Waals surface area (Å²) in [5, 5.41) is 4.67. The highest BCUT2D eigenvalue weighted by Crippen LogP contribution is 2.26. The summed E-state index contributed by atoms with van der Waals surface area (Å²) in [5.74, 6) is -0.158. The molecular weight excluding hydrogens is 306 g/mol. The topological polar surface area (TPSA) is 64.6 Å². The van der Waals surface area contributed by atoms with Gasteiger partial charge in [0.2, 0.25) is 0 Å². The number of hydrogen-bond donors (Lipinski definition) is 1. The molecule has 1 N–H and O–H groups in total. The number of carbonyl (C=O) groups excluding carboxylic acids is 2. The van der Waals surface area contributed by atoms with Crippen molar-refractivity contribution in [3.05, 3.63) is 42.0 Å². The highest BCUT2D eigenvalue weighted by atomic mass is 16.5. The predicted octanol–water partition coefficient (Wildman–Crippen LogP) is 3.17. The number of carbonyl (C=O) groups is 2. The third-order valence-corrected chi connectivity index (χ3v) is 4.01. The van der Waals surface area contributed by atoms with Crippen LogP contribution >= 0.6 is 0 Å². The number of ether oxygens (including phenoxy) is 2. The van der Waals surface area contributed by atoms with Crippen molar-refractivity contribution in [2.24, 2.45) is 5.92 Å². The molecule has 1 atom stereocenters. The quantitative estimate of drug-likeness (QED) is 0.827. The average Bonchev–Trinajstić information content (AvgIpc) is 2.58. The van der Waals surface area contributed by atoms with Crippen molar-refractivity contribution in [2.75, 3.05) is 13.7 Å². The first-order valence-corrected chi connectivity index (χ1v) is 7.95. The lowest BCUT2D eigenvalue weighted by molar-refractivity contribution is -0.125. The minimum absolute atomic E-state index is 0.0198. The van der Waals surface area contributed by atoms with Gasteiger partial charge in [0, 0.05) is 6.04 Å². The molecule has 1 unspecified atom stereocenters. The third kappa shape index (κ3) is 4.25. The number of nitrogens with one attached hydrogen (secondary N) is 1. The fourth-order valence-corrected chi connectivity index (χ4v) is 2.22. The van der Waals surface area contributed by atoms with Gasteiger partial charge in [-0.15, -0.1) is 0 Å². The van der Waals surface area contributed by atoms with Gasteiger partial charge in [-0.05, 0) is 35.7 Å². The Hall–Kier alpha value is -2.56. The van der Waals surface area contributed by atoms with Gasteiger partial charge in [-0.1, -0.05) is 38.1 Å². The SMILES string of the molecule is COc1cc2ccccc2cc1C(=O)OCC(=O)NC(C)C(C)C. The molecule has 128 valence electrons. The highest BCUT2D eigenvalue weighted by molar-refractivity contribution is 5.99. The van der Waals surface area contributed by atoms with Crippen molar-refractivity contribution in [3.63, 3.8) is 0 Å². The minimum atomic E-state index is -0.579. The van der Waals surface area contributed by atoms with Gasteiger partial charge in [-0.2, -0.15) is 0 Å². The van der Waals surface area contributed by atoms with E-state index in [2.05, 4.69) is 5.32 Å². The molecule has 0 heterocycles. The molecule has 1 amide bonds. The Morgan fingerprint density at radius 3 is 2.29 bits per heavy atom. The predicted molar refractivity (Wildman–Crippen MR) is 93.2 cm³/mol. The van der Waals surface area contributed by atoms with Gasteiger partial charge >= 0.3 is 5.97 Å². The van der Waals surface area contributed by atoms with E-state index in [4.69, 9.17) is 9.47 Å². The second-order valence-corrected chi connectivity index (χ2v) is 6.08. The van der Waals surface area contributed by atoms with E-state index in [-0.39, 0.29) is 18.6 Å². The summed E-state index contributed by atoms with van der Waals surface area (Å²) in [5.41, 5.74) is 0.306. The van der Waals surface area contributed by atoms with E-state index >= 15 is 0 Å². The molecule has 0 aliphatic heterocycles. The highest BCUT2D eigenvalue weighted by Gasteiger charge is 2.17. The Morgan fingerprint density at radius 2 is 1.71 bits per heavy atom. The second kappa shape index (κ2) is 7.81. The molecule has 2 aromatic rings. The molecule has 0 radical (unpaired) electrons. The summed E-state index contributed by atoms with van der Waals surface area (Å²) in [6.45, 7) is 5.62. The normalized spacial score (nSPS) is 12.0. The summed E-state index contributed by atoms with van der Waals surface area (Å²) in [4.78, 5) is 24.2. The van der Waals surface area contributed by atoms with Crippen LogP contribution in [-0.4, -0.2) is 31.6 Å². The van der Waals surface area contributed by atoms with Crippen molar-refractivity contribution >= 4 is 22.6 Å². The van der Waals surface area contributed by atoms with Crippen molar-refractivity contribution in [1.29, 1.82) is 0 Å². The van der Waals surface area contributed by atoms with Crippen LogP contribution in [0.25, 0.3) is 10.8 Å². The lowest BCUT2D eigenvalue weighted by Crippen LogP contribution is -2.38. The van der Waals surface area contributed by atoms with Crippen LogP contribution in [0.15, 0.2) is 36.4 Å². The number of fused-ring (bicyclic) bond motifs is 1. The molecule has 0 saturated heterocycles. The number of hydrogen-bond acceptors (Lipinski definition) is 4. The maximum atomic E-state index is 12.3. The number of benzene rings is 2. The smallest absolute Gasteiger partial charge is 0.342 e. The first-order chi connectivity index (χ1) is 11.4. The van der Waals surface area contributed by atoms with Gasteiger partial charge in [-0.3, -0.25) is 4.79 Å². The largest absolute Gasteiger partial charge is 0.496 e. The molecular formula is C19H23NO4. The van der Waals surface area contributed by atoms with Crippen LogP contribution in [-0.2, 0) is 9.53 Å². The summed E-state index contributed by atoms with van der Waals surface area (Å²) in [7, 11) is 1.50. The third-order valence-electron chi connectivity index (χ3n) is 4.01. The zero-order valence-electron chi connectivity index (χ0n) is 14.5. The Labute approximate surface area is 141 Å². The Kier molecular flexibility index (Phi) is 5.79. The van der Waals surface area contributed by atoms with E-state index in [0.29, 0.717) is 17.2 Å². The molecule has 0 saturated carbocycles. The number of amides is 1. The molecule has 5 nitrogen and oxygen atoms in total. The van der Waals surface area contributed by atoms with Crippen molar-refractivity contribution in [1.82, 2.24) is 5.32 Å². The maximum absolute atomic E-state index is 12.3. The standard InChI is InChI=1S/C19H23NO4/c1-12(2)13(3)20-18(21)11-24-19(22)16-9-14-7-5-6-8-15(14)10-17(16)23-4/h5-10,12-13H,11H2,1-4H3,(H,20,21). The van der Waals surface area contributed by atoms with E-state index in [1.807, 2.05) is 45.0 Å². The Bertz CT molecular complexity index is 739. The van der Waals surface area contributed by atoms with Crippen LogP contribution in [0, 0.1) is 5.92 Å². The van der Waals surface area contributed by atoms with E-state index < -0.39 is 5.97 Å². The van der Waals surface area contributed by atoms with Crippen LogP contribution in [0.5, 0.6) is 5.75 Å². The van der Waals surface area contributed by atoms with E-state index in [9.17, 15) is 9.59 Å². The van der Waals surface area contributed by atoms with E-state index in [0.717, 1.165) is 10.8 Å². The van der Waals surface area contributed by atoms with Gasteiger partial charge in [0.05, 0.1) is 7.11 Å². The number of rotatable bonds is 6. The van der Waals surface area contributed by atoms with Crippen molar-refractivity contribution < 1.29 is 19.1 Å². The maximum Gasteiger partial charge on any atom is 0.342 e. The van der Waals surface area contributed by atoms with Crippen LogP contribution in [0.4, 0.5) is 0 Å². The monoisotopic (exact) mass is 329 g/mol. The summed E-state index contributed by atoms with van der Waals surface area (Å²) in [6, 6.07) is 11.2. The number of methoxy groups -OCH3 is 1. The zero-order chi connectivity index (χ0) is 17.7. The first kappa shape index (κ1) is 17.8. The lowest BCUT2D eigenvalue weighted by Gasteiger charge is -2.17. The molecule has 24 heavy (non-hydrogen) atoms. The molecule has 0 fully saturated rings. The second-order valence-electron chi connectivity index (χ2n) is 6.08. The Balaban J connectivity index is 2.09. The Morgan fingerprint density at radius 1 is 1.08 bits per heavy atom. The molecule has 0 spiro atoms. The zero-order valence-corrected chi connectivity index (χ0v) is 14.5. The van der Waals surface area contributed by atoms with Gasteiger partial charge < -0.3 is 14.8 Å². The van der Waals surface area contributed by atoms with Gasteiger partial charge in [0.25, 0.3) is 5.91 Å². The summed E-state index contributed by atoms with van der Waals surface area (Å²) in [6.07, 6.45) is 0. The van der Waals surface area contributed by atoms with Gasteiger partial charge in [-0.25, -0.2) is 4.79 Å². The van der Waals surface area contributed by atoms with E-state index in [1.54, 1.807) is 12.1 Å². The molecule has 0 aliphatic carbocycles. The van der Waals surface area contributed by atoms with Crippen molar-refractivity contribution in [3.8, 4) is 5.75 Å². The fourth-order valence-electron chi connectivity index (χ4n) is 2.22. The first-order valence-electron chi connectivity index (χ1n) is 7.95. The molecule has 2 aromatic carbocycles. The average molecular weight is 329 g/mol. The van der Waals surface area contributed by atoms with Gasteiger partial charge in [0.15, 0.2) is 6.61 Å². The minimum Gasteiger partial charge on any atom is -0.496 e.